The summed E-state index contributed by atoms with van der Waals surface area (Å²) < 4.78 is 12.3. The summed E-state index contributed by atoms with van der Waals surface area (Å²) in [5.74, 6) is 0. The van der Waals surface area contributed by atoms with E-state index in [1.165, 1.54) is 4.90 Å². The van der Waals surface area contributed by atoms with Gasteiger partial charge in [-0.05, 0) is 30.6 Å². The predicted molar refractivity (Wildman–Crippen MR) is 92.6 cm³/mol. The van der Waals surface area contributed by atoms with Crippen LogP contribution in [0.5, 0.6) is 0 Å². The van der Waals surface area contributed by atoms with E-state index in [1.54, 1.807) is 13.1 Å². The van der Waals surface area contributed by atoms with Crippen molar-refractivity contribution in [2.45, 2.75) is 76.9 Å². The van der Waals surface area contributed by atoms with Crippen molar-refractivity contribution in [3.8, 4) is 0 Å². The fourth-order valence-corrected chi connectivity index (χ4v) is 3.94. The van der Waals surface area contributed by atoms with Crippen LogP contribution < -0.4 is 5.32 Å². The van der Waals surface area contributed by atoms with Gasteiger partial charge in [0.1, 0.15) is 12.3 Å². The summed E-state index contributed by atoms with van der Waals surface area (Å²) in [6.45, 7) is 12.4. The SMILES string of the molecule is CC1=CN([C@H]2C[C@H](O[Si](C)(C)C(C)(C)C)[C@@H](CO)O2)C(=O)NC1O. The van der Waals surface area contributed by atoms with Crippen molar-refractivity contribution >= 4 is 14.3 Å². The van der Waals surface area contributed by atoms with Gasteiger partial charge in [-0.2, -0.15) is 0 Å². The van der Waals surface area contributed by atoms with Gasteiger partial charge in [0.15, 0.2) is 14.5 Å². The lowest BCUT2D eigenvalue weighted by atomic mass is 10.1. The molecule has 138 valence electrons. The molecule has 4 atom stereocenters. The van der Waals surface area contributed by atoms with Crippen molar-refractivity contribution in [3.05, 3.63) is 11.8 Å². The molecule has 0 aromatic carbocycles. The van der Waals surface area contributed by atoms with Crippen LogP contribution in [0.25, 0.3) is 0 Å². The Bertz CT molecular complexity index is 517. The summed E-state index contributed by atoms with van der Waals surface area (Å²) in [5.41, 5.74) is 0.632. The van der Waals surface area contributed by atoms with Crippen LogP contribution in [0.2, 0.25) is 18.1 Å². The van der Waals surface area contributed by atoms with Crippen LogP contribution in [-0.4, -0.2) is 60.7 Å². The maximum Gasteiger partial charge on any atom is 0.325 e. The lowest BCUT2D eigenvalue weighted by Crippen LogP contribution is -2.51. The van der Waals surface area contributed by atoms with E-state index in [1.807, 2.05) is 0 Å². The third kappa shape index (κ3) is 3.83. The molecule has 2 amide bonds. The van der Waals surface area contributed by atoms with E-state index in [-0.39, 0.29) is 17.7 Å². The van der Waals surface area contributed by atoms with Gasteiger partial charge in [-0.15, -0.1) is 0 Å². The van der Waals surface area contributed by atoms with Gasteiger partial charge in [-0.3, -0.25) is 4.90 Å². The molecule has 2 rings (SSSR count). The summed E-state index contributed by atoms with van der Waals surface area (Å²) in [7, 11) is -2.01. The van der Waals surface area contributed by atoms with E-state index in [0.717, 1.165) is 0 Å². The molecule has 0 bridgehead atoms. The zero-order valence-electron chi connectivity index (χ0n) is 15.4. The number of carbonyl (C=O) groups is 1. The van der Waals surface area contributed by atoms with Gasteiger partial charge in [0.05, 0.1) is 12.7 Å². The molecule has 0 aromatic heterocycles. The van der Waals surface area contributed by atoms with Crippen LogP contribution in [0.3, 0.4) is 0 Å². The molecular formula is C16H30N2O5Si. The van der Waals surface area contributed by atoms with Crippen molar-refractivity contribution < 1.29 is 24.2 Å². The third-order valence-corrected chi connectivity index (χ3v) is 9.70. The fraction of sp³-hybridized carbons (Fsp3) is 0.812. The fourth-order valence-electron chi connectivity index (χ4n) is 2.58. The first-order chi connectivity index (χ1) is 11.0. The highest BCUT2D eigenvalue weighted by Crippen LogP contribution is 2.40. The van der Waals surface area contributed by atoms with E-state index >= 15 is 0 Å². The first-order valence-electron chi connectivity index (χ1n) is 8.35. The number of hydrogen-bond donors (Lipinski definition) is 3. The quantitative estimate of drug-likeness (QED) is 0.666. The molecule has 2 heterocycles. The molecule has 7 nitrogen and oxygen atoms in total. The second kappa shape index (κ2) is 6.76. The average Bonchev–Trinajstić information content (AvgIpc) is 2.83. The Morgan fingerprint density at radius 2 is 2.08 bits per heavy atom. The molecule has 2 aliphatic heterocycles. The summed E-state index contributed by atoms with van der Waals surface area (Å²) >= 11 is 0. The molecule has 0 radical (unpaired) electrons. The largest absolute Gasteiger partial charge is 0.411 e. The Balaban J connectivity index is 2.13. The number of nitrogens with zero attached hydrogens (tertiary/aromatic N) is 1. The van der Waals surface area contributed by atoms with Crippen LogP contribution in [0.15, 0.2) is 11.8 Å². The van der Waals surface area contributed by atoms with Crippen LogP contribution in [0.1, 0.15) is 34.1 Å². The molecule has 0 aliphatic carbocycles. The van der Waals surface area contributed by atoms with Gasteiger partial charge < -0.3 is 24.7 Å². The van der Waals surface area contributed by atoms with Crippen molar-refractivity contribution in [3.63, 3.8) is 0 Å². The van der Waals surface area contributed by atoms with Crippen LogP contribution >= 0.6 is 0 Å². The molecule has 0 saturated carbocycles. The van der Waals surface area contributed by atoms with Gasteiger partial charge in [-0.1, -0.05) is 20.8 Å². The monoisotopic (exact) mass is 358 g/mol. The second-order valence-corrected chi connectivity index (χ2v) is 12.9. The van der Waals surface area contributed by atoms with Crippen molar-refractivity contribution in [2.24, 2.45) is 0 Å². The number of nitrogens with one attached hydrogen (secondary N) is 1. The number of amides is 2. The zero-order valence-corrected chi connectivity index (χ0v) is 16.4. The number of aliphatic hydroxyl groups excluding tert-OH is 2. The number of carbonyl (C=O) groups excluding carboxylic acids is 1. The standard InChI is InChI=1S/C16H30N2O5Si/c1-10-8-18(15(21)17-14(10)20)13-7-11(12(9-19)22-13)23-24(5,6)16(2,3)4/h8,11-14,19-20H,7,9H2,1-6H3,(H,17,21)/t11-,12+,13+,14?/m0/s1. The van der Waals surface area contributed by atoms with Gasteiger partial charge >= 0.3 is 6.03 Å². The van der Waals surface area contributed by atoms with Crippen LogP contribution in [-0.2, 0) is 9.16 Å². The highest BCUT2D eigenvalue weighted by Gasteiger charge is 2.46. The molecule has 8 heteroatoms. The Morgan fingerprint density at radius 1 is 1.46 bits per heavy atom. The maximum atomic E-state index is 12.1. The van der Waals surface area contributed by atoms with E-state index in [9.17, 15) is 15.0 Å². The minimum atomic E-state index is -2.01. The number of ether oxygens (including phenoxy) is 1. The van der Waals surface area contributed by atoms with E-state index in [4.69, 9.17) is 9.16 Å². The highest BCUT2D eigenvalue weighted by molar-refractivity contribution is 6.74. The Labute approximate surface area is 144 Å². The topological polar surface area (TPSA) is 91.3 Å². The summed E-state index contributed by atoms with van der Waals surface area (Å²) in [4.78, 5) is 13.5. The molecule has 1 saturated heterocycles. The third-order valence-electron chi connectivity index (χ3n) is 5.19. The average molecular weight is 359 g/mol. The molecule has 1 fully saturated rings. The van der Waals surface area contributed by atoms with Gasteiger partial charge in [0.2, 0.25) is 0 Å². The van der Waals surface area contributed by atoms with E-state index in [2.05, 4.69) is 39.2 Å². The number of rotatable bonds is 4. The molecule has 1 unspecified atom stereocenters. The second-order valence-electron chi connectivity index (χ2n) is 8.10. The summed E-state index contributed by atoms with van der Waals surface area (Å²) in [6.07, 6.45) is -0.114. The molecule has 2 aliphatic rings. The van der Waals surface area contributed by atoms with E-state index < -0.39 is 32.9 Å². The first-order valence-corrected chi connectivity index (χ1v) is 11.3. The van der Waals surface area contributed by atoms with Crippen LogP contribution in [0, 0.1) is 0 Å². The minimum Gasteiger partial charge on any atom is -0.411 e. The van der Waals surface area contributed by atoms with Crippen molar-refractivity contribution in [1.29, 1.82) is 0 Å². The lowest BCUT2D eigenvalue weighted by molar-refractivity contribution is -0.0544. The van der Waals surface area contributed by atoms with Crippen molar-refractivity contribution in [1.82, 2.24) is 10.2 Å². The number of hydrogen-bond acceptors (Lipinski definition) is 5. The number of urea groups is 1. The van der Waals surface area contributed by atoms with Crippen LogP contribution in [0.4, 0.5) is 4.79 Å². The normalized spacial score (nSPS) is 31.9. The Morgan fingerprint density at radius 3 is 2.62 bits per heavy atom. The highest BCUT2D eigenvalue weighted by atomic mass is 28.4. The Hall–Kier alpha value is -0.933. The molecule has 0 aromatic rings. The number of aliphatic hydroxyl groups is 2. The Kier molecular flexibility index (Phi) is 5.46. The molecule has 3 N–H and O–H groups in total. The molecule has 24 heavy (non-hydrogen) atoms. The zero-order chi connectivity index (χ0) is 18.3. The minimum absolute atomic E-state index is 0.0498. The van der Waals surface area contributed by atoms with Gasteiger partial charge in [-0.25, -0.2) is 4.79 Å². The summed E-state index contributed by atoms with van der Waals surface area (Å²) in [6, 6.07) is -0.414. The first kappa shape index (κ1) is 19.4. The lowest BCUT2D eigenvalue weighted by Gasteiger charge is -2.39. The van der Waals surface area contributed by atoms with E-state index in [0.29, 0.717) is 12.0 Å². The van der Waals surface area contributed by atoms with Gasteiger partial charge in [0.25, 0.3) is 0 Å². The molecular weight excluding hydrogens is 328 g/mol. The maximum absolute atomic E-state index is 12.1. The molecule has 0 spiro atoms. The predicted octanol–water partition coefficient (Wildman–Crippen LogP) is 1.73. The summed E-state index contributed by atoms with van der Waals surface area (Å²) in [5, 5.41) is 21.8. The van der Waals surface area contributed by atoms with Gasteiger partial charge in [0, 0.05) is 12.6 Å². The van der Waals surface area contributed by atoms with Crippen molar-refractivity contribution in [2.75, 3.05) is 6.61 Å². The smallest absolute Gasteiger partial charge is 0.325 e.